The third-order valence-electron chi connectivity index (χ3n) is 3.94. The quantitative estimate of drug-likeness (QED) is 0.370. The van der Waals surface area contributed by atoms with Crippen LogP contribution >= 0.6 is 0 Å². The van der Waals surface area contributed by atoms with Gasteiger partial charge in [-0.05, 0) is 71.5 Å². The fraction of sp³-hybridized carbons (Fsp3) is 0.900. The number of rotatable bonds is 16. The zero-order valence-electron chi connectivity index (χ0n) is 16.8. The lowest BCUT2D eigenvalue weighted by molar-refractivity contribution is 0.266. The Balaban J connectivity index is -0.000000411. The third kappa shape index (κ3) is 24.8. The van der Waals surface area contributed by atoms with Gasteiger partial charge in [-0.2, -0.15) is 10.5 Å². The van der Waals surface area contributed by atoms with Crippen LogP contribution in [0.1, 0.15) is 59.3 Å². The van der Waals surface area contributed by atoms with Crippen molar-refractivity contribution in [1.29, 1.82) is 10.5 Å². The summed E-state index contributed by atoms with van der Waals surface area (Å²) in [5, 5.41) is 16.8. The van der Waals surface area contributed by atoms with Gasteiger partial charge in [0.1, 0.15) is 0 Å². The maximum atomic E-state index is 8.40. The predicted molar refractivity (Wildman–Crippen MR) is 116 cm³/mol. The third-order valence-corrected chi connectivity index (χ3v) is 3.94. The van der Waals surface area contributed by atoms with Crippen molar-refractivity contribution in [2.75, 3.05) is 58.9 Å². The van der Waals surface area contributed by atoms with E-state index in [9.17, 15) is 0 Å². The molecular formula is C20H45N7. The molecular weight excluding hydrogens is 338 g/mol. The SMILES string of the molecule is C.CCCCN(CCCN)CCCN.N#CCCN(CCC#N)CCCN. The molecule has 0 saturated heterocycles. The second-order valence-corrected chi connectivity index (χ2v) is 6.28. The molecule has 0 rings (SSSR count). The fourth-order valence-corrected chi connectivity index (χ4v) is 2.41. The normalized spacial score (nSPS) is 9.93. The van der Waals surface area contributed by atoms with Gasteiger partial charge in [0.2, 0.25) is 0 Å². The van der Waals surface area contributed by atoms with Crippen LogP contribution in [-0.2, 0) is 0 Å². The van der Waals surface area contributed by atoms with Crippen LogP contribution in [0.4, 0.5) is 0 Å². The fourth-order valence-electron chi connectivity index (χ4n) is 2.41. The number of nitrogens with zero attached hydrogens (tertiary/aromatic N) is 4. The van der Waals surface area contributed by atoms with Crippen LogP contribution in [-0.4, -0.2) is 68.7 Å². The van der Waals surface area contributed by atoms with Gasteiger partial charge in [0, 0.05) is 25.9 Å². The Morgan fingerprint density at radius 2 is 0.963 bits per heavy atom. The lowest BCUT2D eigenvalue weighted by Crippen LogP contribution is -2.29. The van der Waals surface area contributed by atoms with Crippen LogP contribution in [0.15, 0.2) is 0 Å². The highest BCUT2D eigenvalue weighted by atomic mass is 15.1. The number of nitriles is 2. The van der Waals surface area contributed by atoms with Crippen LogP contribution < -0.4 is 17.2 Å². The van der Waals surface area contributed by atoms with Crippen LogP contribution in [0.25, 0.3) is 0 Å². The second-order valence-electron chi connectivity index (χ2n) is 6.28. The van der Waals surface area contributed by atoms with Crippen LogP contribution in [0.5, 0.6) is 0 Å². The molecule has 6 N–H and O–H groups in total. The first-order chi connectivity index (χ1) is 12.7. The molecule has 0 aromatic carbocycles. The summed E-state index contributed by atoms with van der Waals surface area (Å²) < 4.78 is 0. The van der Waals surface area contributed by atoms with Crippen molar-refractivity contribution in [1.82, 2.24) is 9.80 Å². The largest absolute Gasteiger partial charge is 0.330 e. The van der Waals surface area contributed by atoms with Crippen LogP contribution in [0, 0.1) is 22.7 Å². The van der Waals surface area contributed by atoms with Crippen molar-refractivity contribution in [3.8, 4) is 12.1 Å². The Morgan fingerprint density at radius 3 is 1.26 bits per heavy atom. The number of hydrogen-bond acceptors (Lipinski definition) is 7. The van der Waals surface area contributed by atoms with Gasteiger partial charge < -0.3 is 27.0 Å². The first-order valence-corrected chi connectivity index (χ1v) is 9.98. The van der Waals surface area contributed by atoms with Crippen molar-refractivity contribution < 1.29 is 0 Å². The lowest BCUT2D eigenvalue weighted by Gasteiger charge is -2.21. The smallest absolute Gasteiger partial charge is 0.0635 e. The molecule has 0 saturated carbocycles. The molecule has 0 aromatic rings. The Labute approximate surface area is 168 Å². The summed E-state index contributed by atoms with van der Waals surface area (Å²) in [4.78, 5) is 4.59. The molecule has 0 aliphatic rings. The second kappa shape index (κ2) is 27.0. The molecule has 0 amide bonds. The van der Waals surface area contributed by atoms with Gasteiger partial charge >= 0.3 is 0 Å². The van der Waals surface area contributed by atoms with Crippen molar-refractivity contribution in [2.45, 2.75) is 59.3 Å². The highest BCUT2D eigenvalue weighted by Crippen LogP contribution is 1.97. The van der Waals surface area contributed by atoms with E-state index in [4.69, 9.17) is 27.7 Å². The molecule has 0 aromatic heterocycles. The van der Waals surface area contributed by atoms with Crippen molar-refractivity contribution in [2.24, 2.45) is 17.2 Å². The Kier molecular flexibility index (Phi) is 30.5. The standard InChI is InChI=1S/C10H25N3.C9H16N4.CH4/c1-2-3-8-13(9-4-6-11)10-5-7-12;10-4-1-7-13(8-2-5-11)9-3-6-12;/h2-12H2,1H3;1-4,7-10H2;1H4. The number of unbranched alkanes of at least 4 members (excludes halogenated alkanes) is 1. The molecule has 0 heterocycles. The molecule has 0 aliphatic heterocycles. The minimum Gasteiger partial charge on any atom is -0.330 e. The molecule has 0 aliphatic carbocycles. The maximum absolute atomic E-state index is 8.40. The van der Waals surface area contributed by atoms with E-state index in [2.05, 4.69) is 28.9 Å². The molecule has 0 fully saturated rings. The number of nitrogens with two attached hydrogens (primary N) is 3. The molecule has 0 spiro atoms. The first kappa shape index (κ1) is 30.5. The number of hydrogen-bond donors (Lipinski definition) is 3. The molecule has 27 heavy (non-hydrogen) atoms. The molecule has 7 nitrogen and oxygen atoms in total. The molecule has 7 heteroatoms. The van der Waals surface area contributed by atoms with Crippen LogP contribution in [0.2, 0.25) is 0 Å². The molecule has 0 unspecified atom stereocenters. The molecule has 160 valence electrons. The molecule has 0 radical (unpaired) electrons. The Hall–Kier alpha value is -1.22. The van der Waals surface area contributed by atoms with E-state index in [1.807, 2.05) is 0 Å². The average Bonchev–Trinajstić information content (AvgIpc) is 2.67. The van der Waals surface area contributed by atoms with E-state index in [-0.39, 0.29) is 7.43 Å². The highest BCUT2D eigenvalue weighted by Gasteiger charge is 2.03. The summed E-state index contributed by atoms with van der Waals surface area (Å²) in [5.41, 5.74) is 16.3. The summed E-state index contributed by atoms with van der Waals surface area (Å²) in [5.74, 6) is 0. The topological polar surface area (TPSA) is 132 Å². The average molecular weight is 384 g/mol. The molecule has 0 bridgehead atoms. The van der Waals surface area contributed by atoms with Gasteiger partial charge in [-0.15, -0.1) is 0 Å². The predicted octanol–water partition coefficient (Wildman–Crippen LogP) is 1.89. The monoisotopic (exact) mass is 383 g/mol. The summed E-state index contributed by atoms with van der Waals surface area (Å²) in [6.07, 6.45) is 6.74. The summed E-state index contributed by atoms with van der Waals surface area (Å²) in [7, 11) is 0. The summed E-state index contributed by atoms with van der Waals surface area (Å²) in [6, 6.07) is 4.19. The van der Waals surface area contributed by atoms with Gasteiger partial charge in [-0.3, -0.25) is 0 Å². The van der Waals surface area contributed by atoms with Gasteiger partial charge in [-0.25, -0.2) is 0 Å². The minimum atomic E-state index is 0. The van der Waals surface area contributed by atoms with Gasteiger partial charge in [0.15, 0.2) is 0 Å². The first-order valence-electron chi connectivity index (χ1n) is 9.98. The van der Waals surface area contributed by atoms with Crippen LogP contribution in [0.3, 0.4) is 0 Å². The van der Waals surface area contributed by atoms with Gasteiger partial charge in [0.05, 0.1) is 12.1 Å². The van der Waals surface area contributed by atoms with Crippen molar-refractivity contribution in [3.05, 3.63) is 0 Å². The minimum absolute atomic E-state index is 0. The van der Waals surface area contributed by atoms with E-state index in [0.29, 0.717) is 19.4 Å². The highest BCUT2D eigenvalue weighted by molar-refractivity contribution is 4.76. The van der Waals surface area contributed by atoms with Gasteiger partial charge in [0.25, 0.3) is 0 Å². The summed E-state index contributed by atoms with van der Waals surface area (Å²) in [6.45, 7) is 10.3. The van der Waals surface area contributed by atoms with E-state index >= 15 is 0 Å². The Morgan fingerprint density at radius 1 is 0.630 bits per heavy atom. The van der Waals surface area contributed by atoms with E-state index in [0.717, 1.165) is 65.1 Å². The maximum Gasteiger partial charge on any atom is 0.0635 e. The van der Waals surface area contributed by atoms with Crippen molar-refractivity contribution in [3.63, 3.8) is 0 Å². The molecule has 0 atom stereocenters. The van der Waals surface area contributed by atoms with E-state index in [1.54, 1.807) is 0 Å². The summed E-state index contributed by atoms with van der Waals surface area (Å²) >= 11 is 0. The van der Waals surface area contributed by atoms with E-state index in [1.165, 1.54) is 19.4 Å². The zero-order chi connectivity index (χ0) is 19.9. The zero-order valence-corrected chi connectivity index (χ0v) is 16.8. The van der Waals surface area contributed by atoms with Crippen molar-refractivity contribution >= 4 is 0 Å². The Bertz CT molecular complexity index is 312. The van der Waals surface area contributed by atoms with E-state index < -0.39 is 0 Å². The van der Waals surface area contributed by atoms with Gasteiger partial charge in [-0.1, -0.05) is 20.8 Å². The lowest BCUT2D eigenvalue weighted by atomic mass is 10.2.